The van der Waals surface area contributed by atoms with Crippen LogP contribution in [0.2, 0.25) is 0 Å². The summed E-state index contributed by atoms with van der Waals surface area (Å²) >= 11 is 0. The normalized spacial score (nSPS) is 12.6. The summed E-state index contributed by atoms with van der Waals surface area (Å²) in [6.07, 6.45) is 0.515. The van der Waals surface area contributed by atoms with Gasteiger partial charge >= 0.3 is 6.09 Å². The van der Waals surface area contributed by atoms with Gasteiger partial charge in [0.25, 0.3) is 0 Å². The third kappa shape index (κ3) is 5.12. The van der Waals surface area contributed by atoms with Crippen LogP contribution in [0.3, 0.4) is 0 Å². The van der Waals surface area contributed by atoms with Gasteiger partial charge in [0, 0.05) is 6.42 Å². The van der Waals surface area contributed by atoms with Crippen molar-refractivity contribution in [3.8, 4) is 0 Å². The molecule has 0 aromatic heterocycles. The van der Waals surface area contributed by atoms with E-state index in [1.54, 1.807) is 20.8 Å². The van der Waals surface area contributed by atoms with Crippen LogP contribution in [0.4, 0.5) is 4.79 Å². The van der Waals surface area contributed by atoms with Crippen LogP contribution < -0.4 is 5.32 Å². The number of nitrogens with one attached hydrogen (secondary N) is 1. The van der Waals surface area contributed by atoms with Crippen LogP contribution in [0.25, 0.3) is 0 Å². The van der Waals surface area contributed by atoms with Gasteiger partial charge in [-0.2, -0.15) is 0 Å². The number of aldehydes is 1. The Bertz CT molecular complexity index is 449. The summed E-state index contributed by atoms with van der Waals surface area (Å²) in [5.41, 5.74) is 1.41. The van der Waals surface area contributed by atoms with E-state index in [0.29, 0.717) is 0 Å². The van der Waals surface area contributed by atoms with Gasteiger partial charge in [0.2, 0.25) is 0 Å². The van der Waals surface area contributed by atoms with Gasteiger partial charge in [-0.15, -0.1) is 0 Å². The second-order valence-electron chi connectivity index (χ2n) is 5.46. The number of carbonyl (C=O) groups is 2. The molecule has 1 aromatic carbocycles. The zero-order valence-electron chi connectivity index (χ0n) is 11.9. The molecule has 19 heavy (non-hydrogen) atoms. The van der Waals surface area contributed by atoms with Crippen molar-refractivity contribution in [2.24, 2.45) is 0 Å². The Labute approximate surface area is 114 Å². The number of rotatable bonds is 4. The van der Waals surface area contributed by atoms with Crippen LogP contribution in [0.15, 0.2) is 24.3 Å². The number of benzene rings is 1. The molecule has 0 aliphatic carbocycles. The minimum Gasteiger partial charge on any atom is -0.444 e. The molecule has 0 fully saturated rings. The average Bonchev–Trinajstić information content (AvgIpc) is 2.26. The first-order valence-electron chi connectivity index (χ1n) is 6.32. The van der Waals surface area contributed by atoms with Crippen LogP contribution in [0.5, 0.6) is 0 Å². The van der Waals surface area contributed by atoms with E-state index in [1.807, 2.05) is 31.2 Å². The summed E-state index contributed by atoms with van der Waals surface area (Å²) in [5, 5.41) is 2.74. The van der Waals surface area contributed by atoms with Crippen LogP contribution >= 0.6 is 0 Å². The lowest BCUT2D eigenvalue weighted by Gasteiger charge is -2.23. The number of alkyl carbamates (subject to hydrolysis) is 1. The number of hydrogen-bond donors (Lipinski definition) is 1. The fourth-order valence-electron chi connectivity index (χ4n) is 1.79. The smallest absolute Gasteiger partial charge is 0.408 e. The molecule has 0 heterocycles. The molecular weight excluding hydrogens is 242 g/mol. The van der Waals surface area contributed by atoms with Crippen LogP contribution in [-0.2, 0) is 9.53 Å². The molecule has 0 aliphatic heterocycles. The van der Waals surface area contributed by atoms with E-state index in [9.17, 15) is 9.59 Å². The maximum Gasteiger partial charge on any atom is 0.408 e. The highest BCUT2D eigenvalue weighted by Gasteiger charge is 2.21. The molecule has 1 N–H and O–H groups in total. The highest BCUT2D eigenvalue weighted by atomic mass is 16.6. The predicted molar refractivity (Wildman–Crippen MR) is 74.0 cm³/mol. The Morgan fingerprint density at radius 1 is 1.37 bits per heavy atom. The largest absolute Gasteiger partial charge is 0.444 e. The first-order valence-corrected chi connectivity index (χ1v) is 6.32. The van der Waals surface area contributed by atoms with E-state index in [0.717, 1.165) is 17.4 Å². The van der Waals surface area contributed by atoms with Crippen LogP contribution in [0.1, 0.15) is 44.4 Å². The number of ether oxygens (including phenoxy) is 1. The number of aryl methyl sites for hydroxylation is 1. The second kappa shape index (κ2) is 6.36. The minimum atomic E-state index is -0.554. The van der Waals surface area contributed by atoms with Gasteiger partial charge in [0.1, 0.15) is 11.9 Å². The summed E-state index contributed by atoms with van der Waals surface area (Å²) < 4.78 is 5.21. The molecule has 4 heteroatoms. The Kier molecular flexibility index (Phi) is 5.10. The van der Waals surface area contributed by atoms with Gasteiger partial charge in [-0.1, -0.05) is 24.3 Å². The minimum absolute atomic E-state index is 0.226. The average molecular weight is 263 g/mol. The molecule has 0 spiro atoms. The summed E-state index contributed by atoms with van der Waals surface area (Å²) in [5.74, 6) is 0. The number of amides is 1. The van der Waals surface area contributed by atoms with Crippen molar-refractivity contribution in [2.45, 2.75) is 45.8 Å². The molecule has 0 saturated carbocycles. The first kappa shape index (κ1) is 15.2. The molecule has 0 saturated heterocycles. The summed E-state index contributed by atoms with van der Waals surface area (Å²) in [6, 6.07) is 7.31. The molecule has 1 rings (SSSR count). The Morgan fingerprint density at radius 3 is 2.53 bits per heavy atom. The van der Waals surface area contributed by atoms with E-state index >= 15 is 0 Å². The lowest BCUT2D eigenvalue weighted by atomic mass is 9.99. The van der Waals surface area contributed by atoms with Gasteiger partial charge in [-0.25, -0.2) is 4.79 Å². The lowest BCUT2D eigenvalue weighted by Crippen LogP contribution is -2.35. The molecule has 0 bridgehead atoms. The fraction of sp³-hybridized carbons (Fsp3) is 0.467. The van der Waals surface area contributed by atoms with Gasteiger partial charge in [-0.3, -0.25) is 0 Å². The molecule has 0 aliphatic rings. The Morgan fingerprint density at radius 2 is 2.00 bits per heavy atom. The fourth-order valence-corrected chi connectivity index (χ4v) is 1.79. The molecule has 1 amide bonds. The maximum absolute atomic E-state index is 11.8. The predicted octanol–water partition coefficient (Wildman–Crippen LogP) is 3.15. The van der Waals surface area contributed by atoms with Crippen molar-refractivity contribution in [3.05, 3.63) is 35.4 Å². The van der Waals surface area contributed by atoms with Crippen molar-refractivity contribution >= 4 is 12.4 Å². The van der Waals surface area contributed by atoms with E-state index < -0.39 is 11.7 Å². The van der Waals surface area contributed by atoms with Crippen molar-refractivity contribution in [3.63, 3.8) is 0 Å². The number of hydrogen-bond acceptors (Lipinski definition) is 3. The van der Waals surface area contributed by atoms with Crippen molar-refractivity contribution in [1.29, 1.82) is 0 Å². The van der Waals surface area contributed by atoms with Crippen molar-refractivity contribution in [1.82, 2.24) is 5.32 Å². The second-order valence-corrected chi connectivity index (χ2v) is 5.46. The Balaban J connectivity index is 2.82. The van der Waals surface area contributed by atoms with Crippen LogP contribution in [-0.4, -0.2) is 18.0 Å². The first-order chi connectivity index (χ1) is 8.83. The van der Waals surface area contributed by atoms with Gasteiger partial charge in [-0.05, 0) is 38.8 Å². The molecule has 1 aromatic rings. The summed E-state index contributed by atoms with van der Waals surface area (Å²) in [6.45, 7) is 7.35. The third-order valence-corrected chi connectivity index (χ3v) is 2.59. The highest BCUT2D eigenvalue weighted by molar-refractivity contribution is 5.69. The SMILES string of the molecule is Cc1ccccc1[C@@H](CC=O)NC(=O)OC(C)(C)C. The number of carbonyl (C=O) groups excluding carboxylic acids is 2. The van der Waals surface area contributed by atoms with E-state index in [2.05, 4.69) is 5.32 Å². The molecule has 1 atom stereocenters. The maximum atomic E-state index is 11.8. The molecular formula is C15H21NO3. The molecule has 104 valence electrons. The monoisotopic (exact) mass is 263 g/mol. The molecule has 0 unspecified atom stereocenters. The lowest BCUT2D eigenvalue weighted by molar-refractivity contribution is -0.108. The van der Waals surface area contributed by atoms with Gasteiger partial charge < -0.3 is 14.8 Å². The third-order valence-electron chi connectivity index (χ3n) is 2.59. The van der Waals surface area contributed by atoms with Crippen molar-refractivity contribution < 1.29 is 14.3 Å². The summed E-state index contributed by atoms with van der Waals surface area (Å²) in [4.78, 5) is 22.6. The van der Waals surface area contributed by atoms with E-state index in [4.69, 9.17) is 4.74 Å². The Hall–Kier alpha value is -1.84. The van der Waals surface area contributed by atoms with Gasteiger partial charge in [0.05, 0.1) is 6.04 Å². The van der Waals surface area contributed by atoms with E-state index in [1.165, 1.54) is 0 Å². The molecule has 0 radical (unpaired) electrons. The standard InChI is InChI=1S/C15H21NO3/c1-11-7-5-6-8-12(11)13(9-10-17)16-14(18)19-15(2,3)4/h5-8,10,13H,9H2,1-4H3,(H,16,18)/t13-/m1/s1. The molecule has 4 nitrogen and oxygen atoms in total. The highest BCUT2D eigenvalue weighted by Crippen LogP contribution is 2.20. The van der Waals surface area contributed by atoms with Crippen LogP contribution in [0, 0.1) is 6.92 Å². The van der Waals surface area contributed by atoms with Crippen molar-refractivity contribution in [2.75, 3.05) is 0 Å². The topological polar surface area (TPSA) is 55.4 Å². The zero-order chi connectivity index (χ0) is 14.5. The zero-order valence-corrected chi connectivity index (χ0v) is 11.9. The quantitative estimate of drug-likeness (QED) is 0.849. The summed E-state index contributed by atoms with van der Waals surface area (Å²) in [7, 11) is 0. The van der Waals surface area contributed by atoms with E-state index in [-0.39, 0.29) is 12.5 Å². The van der Waals surface area contributed by atoms with Gasteiger partial charge in [0.15, 0.2) is 0 Å².